The number of hydrogen-bond acceptors (Lipinski definition) is 1. The lowest BCUT2D eigenvalue weighted by atomic mass is 10.0. The fourth-order valence-electron chi connectivity index (χ4n) is 1.93. The van der Waals surface area contributed by atoms with Gasteiger partial charge in [0.25, 0.3) is 0 Å². The Balaban J connectivity index is 2.42. The van der Waals surface area contributed by atoms with Crippen molar-refractivity contribution in [3.05, 3.63) is 64.2 Å². The van der Waals surface area contributed by atoms with Crippen LogP contribution in [-0.4, -0.2) is 7.11 Å². The smallest absolute Gasteiger partial charge is 0.137 e. The molecule has 0 bridgehead atoms. The van der Waals surface area contributed by atoms with Gasteiger partial charge in [0, 0.05) is 22.7 Å². The van der Waals surface area contributed by atoms with Crippen LogP contribution in [-0.2, 0) is 0 Å². The van der Waals surface area contributed by atoms with E-state index in [-0.39, 0.29) is 11.3 Å². The van der Waals surface area contributed by atoms with Crippen LogP contribution in [0.4, 0.5) is 8.78 Å². The molecule has 0 saturated carbocycles. The molecule has 104 valence electrons. The van der Waals surface area contributed by atoms with Crippen molar-refractivity contribution in [1.82, 2.24) is 0 Å². The summed E-state index contributed by atoms with van der Waals surface area (Å²) < 4.78 is 32.7. The third kappa shape index (κ3) is 3.17. The number of rotatable bonds is 3. The van der Waals surface area contributed by atoms with Crippen LogP contribution in [0, 0.1) is 11.6 Å². The predicted octanol–water partition coefficient (Wildman–Crippen LogP) is 5.19. The molecule has 4 heteroatoms. The molecule has 0 aliphatic heterocycles. The highest BCUT2D eigenvalue weighted by molar-refractivity contribution is 6.30. The third-order valence-electron chi connectivity index (χ3n) is 2.90. The van der Waals surface area contributed by atoms with E-state index in [4.69, 9.17) is 16.3 Å². The quantitative estimate of drug-likeness (QED) is 0.708. The van der Waals surface area contributed by atoms with Gasteiger partial charge in [0.1, 0.15) is 17.4 Å². The Morgan fingerprint density at radius 2 is 1.65 bits per heavy atom. The minimum Gasteiger partial charge on any atom is -0.497 e. The first-order valence-corrected chi connectivity index (χ1v) is 6.36. The van der Waals surface area contributed by atoms with Crippen molar-refractivity contribution < 1.29 is 13.5 Å². The minimum absolute atomic E-state index is 0.0549. The summed E-state index contributed by atoms with van der Waals surface area (Å²) in [6.07, 6.45) is 1.70. The molecule has 0 aromatic heterocycles. The van der Waals surface area contributed by atoms with E-state index in [1.807, 2.05) is 0 Å². The monoisotopic (exact) mass is 294 g/mol. The number of hydrogen-bond donors (Lipinski definition) is 0. The highest BCUT2D eigenvalue weighted by Gasteiger charge is 2.13. The Morgan fingerprint density at radius 1 is 1.10 bits per heavy atom. The van der Waals surface area contributed by atoms with Gasteiger partial charge in [-0.25, -0.2) is 8.78 Å². The first kappa shape index (κ1) is 14.5. The molecule has 2 aromatic carbocycles. The van der Waals surface area contributed by atoms with Gasteiger partial charge in [-0.15, -0.1) is 0 Å². The average Bonchev–Trinajstić information content (AvgIpc) is 2.40. The Morgan fingerprint density at radius 3 is 2.15 bits per heavy atom. The van der Waals surface area contributed by atoms with Crippen LogP contribution in [0.2, 0.25) is 5.02 Å². The van der Waals surface area contributed by atoms with Gasteiger partial charge in [-0.3, -0.25) is 0 Å². The Bertz CT molecular complexity index is 625. The zero-order valence-electron chi connectivity index (χ0n) is 11.1. The fraction of sp³-hybridized carbons (Fsp3) is 0.125. The van der Waals surface area contributed by atoms with Crippen LogP contribution < -0.4 is 4.74 Å². The Kier molecular flexibility index (Phi) is 4.40. The normalized spacial score (nSPS) is 11.6. The Hall–Kier alpha value is -1.87. The maximum Gasteiger partial charge on any atom is 0.137 e. The summed E-state index contributed by atoms with van der Waals surface area (Å²) in [5.41, 5.74) is 1.26. The minimum atomic E-state index is -0.649. The molecule has 0 fully saturated rings. The third-order valence-corrected chi connectivity index (χ3v) is 3.15. The molecule has 1 nitrogen and oxygen atoms in total. The topological polar surface area (TPSA) is 9.23 Å². The van der Waals surface area contributed by atoms with E-state index in [1.54, 1.807) is 37.3 Å². The van der Waals surface area contributed by atoms with Crippen LogP contribution in [0.1, 0.15) is 18.1 Å². The van der Waals surface area contributed by atoms with Crippen LogP contribution in [0.25, 0.3) is 11.6 Å². The molecule has 0 amide bonds. The average molecular weight is 295 g/mol. The van der Waals surface area contributed by atoms with E-state index in [2.05, 4.69) is 0 Å². The summed E-state index contributed by atoms with van der Waals surface area (Å²) in [6, 6.07) is 9.34. The van der Waals surface area contributed by atoms with Gasteiger partial charge in [-0.1, -0.05) is 29.8 Å². The predicted molar refractivity (Wildman–Crippen MR) is 77.9 cm³/mol. The van der Waals surface area contributed by atoms with Gasteiger partial charge in [-0.05, 0) is 30.2 Å². The molecule has 20 heavy (non-hydrogen) atoms. The molecule has 0 spiro atoms. The Labute approximate surface area is 121 Å². The number of ether oxygens (including phenoxy) is 1. The zero-order valence-corrected chi connectivity index (χ0v) is 11.8. The lowest BCUT2D eigenvalue weighted by Gasteiger charge is -2.08. The molecule has 0 radical (unpaired) electrons. The molecular formula is C16H13ClF2O. The maximum atomic E-state index is 13.9. The summed E-state index contributed by atoms with van der Waals surface area (Å²) in [5, 5.41) is 0.613. The summed E-state index contributed by atoms with van der Waals surface area (Å²) in [5.74, 6) is -1.14. The second kappa shape index (κ2) is 6.06. The summed E-state index contributed by atoms with van der Waals surface area (Å²) in [7, 11) is 1.37. The lowest BCUT2D eigenvalue weighted by molar-refractivity contribution is 0.406. The SMILES string of the molecule is COc1cc(F)c(/C(C)=C/c2ccc(Cl)cc2)c(F)c1. The van der Waals surface area contributed by atoms with Gasteiger partial charge in [0.05, 0.1) is 7.11 Å². The number of halogens is 3. The van der Waals surface area contributed by atoms with E-state index in [0.29, 0.717) is 10.6 Å². The van der Waals surface area contributed by atoms with Crippen LogP contribution >= 0.6 is 11.6 Å². The van der Waals surface area contributed by atoms with Crippen LogP contribution in [0.3, 0.4) is 0 Å². The number of methoxy groups -OCH3 is 1. The molecule has 0 N–H and O–H groups in total. The van der Waals surface area contributed by atoms with Gasteiger partial charge >= 0.3 is 0 Å². The fourth-order valence-corrected chi connectivity index (χ4v) is 2.05. The van der Waals surface area contributed by atoms with Crippen molar-refractivity contribution in [2.24, 2.45) is 0 Å². The summed E-state index contributed by atoms with van der Waals surface area (Å²) >= 11 is 5.79. The van der Waals surface area contributed by atoms with Crippen LogP contribution in [0.5, 0.6) is 5.75 Å². The molecule has 2 aromatic rings. The van der Waals surface area contributed by atoms with Gasteiger partial charge < -0.3 is 4.74 Å². The van der Waals surface area contributed by atoms with E-state index < -0.39 is 11.6 Å². The second-order valence-electron chi connectivity index (χ2n) is 4.34. The van der Waals surface area contributed by atoms with Gasteiger partial charge in [-0.2, -0.15) is 0 Å². The number of benzene rings is 2. The largest absolute Gasteiger partial charge is 0.497 e. The van der Waals surface area contributed by atoms with E-state index >= 15 is 0 Å². The van der Waals surface area contributed by atoms with E-state index in [0.717, 1.165) is 17.7 Å². The molecule has 0 unspecified atom stereocenters. The van der Waals surface area contributed by atoms with E-state index in [9.17, 15) is 8.78 Å². The first-order valence-electron chi connectivity index (χ1n) is 5.98. The highest BCUT2D eigenvalue weighted by atomic mass is 35.5. The van der Waals surface area contributed by atoms with Crippen molar-refractivity contribution in [2.75, 3.05) is 7.11 Å². The van der Waals surface area contributed by atoms with Crippen molar-refractivity contribution in [3.63, 3.8) is 0 Å². The summed E-state index contributed by atoms with van der Waals surface area (Å²) in [6.45, 7) is 1.66. The molecule has 2 rings (SSSR count). The van der Waals surface area contributed by atoms with Crippen molar-refractivity contribution in [1.29, 1.82) is 0 Å². The lowest BCUT2D eigenvalue weighted by Crippen LogP contribution is -1.95. The van der Waals surface area contributed by atoms with E-state index in [1.165, 1.54) is 7.11 Å². The highest BCUT2D eigenvalue weighted by Crippen LogP contribution is 2.27. The van der Waals surface area contributed by atoms with Gasteiger partial charge in [0.2, 0.25) is 0 Å². The van der Waals surface area contributed by atoms with Crippen molar-refractivity contribution in [3.8, 4) is 5.75 Å². The van der Waals surface area contributed by atoms with Crippen molar-refractivity contribution in [2.45, 2.75) is 6.92 Å². The standard InChI is InChI=1S/C16H13ClF2O/c1-10(7-11-3-5-12(17)6-4-11)16-14(18)8-13(20-2)9-15(16)19/h3-9H,1-2H3/b10-7+. The van der Waals surface area contributed by atoms with Crippen molar-refractivity contribution >= 4 is 23.3 Å². The second-order valence-corrected chi connectivity index (χ2v) is 4.78. The van der Waals surface area contributed by atoms with Crippen LogP contribution in [0.15, 0.2) is 36.4 Å². The molecule has 0 saturated heterocycles. The zero-order chi connectivity index (χ0) is 14.7. The summed E-state index contributed by atoms with van der Waals surface area (Å²) in [4.78, 5) is 0. The molecular weight excluding hydrogens is 282 g/mol. The van der Waals surface area contributed by atoms with Gasteiger partial charge in [0.15, 0.2) is 0 Å². The molecule has 0 heterocycles. The molecule has 0 aliphatic rings. The molecule has 0 aliphatic carbocycles. The first-order chi connectivity index (χ1) is 9.51. The maximum absolute atomic E-state index is 13.9. The molecule has 0 atom stereocenters. The number of allylic oxidation sites excluding steroid dienone is 1.